The molecular weight excluding hydrogens is 579 g/mol. The maximum Gasteiger partial charge on any atom is 0.374 e. The molecule has 10 heteroatoms. The van der Waals surface area contributed by atoms with Crippen molar-refractivity contribution in [2.24, 2.45) is 29.4 Å². The van der Waals surface area contributed by atoms with Crippen LogP contribution in [-0.4, -0.2) is 81.4 Å². The lowest BCUT2D eigenvalue weighted by Gasteiger charge is -2.37. The Morgan fingerprint density at radius 1 is 0.978 bits per heavy atom. The Balaban J connectivity index is 1.30. The van der Waals surface area contributed by atoms with Crippen molar-refractivity contribution in [3.8, 4) is 0 Å². The molecule has 2 aromatic rings. The summed E-state index contributed by atoms with van der Waals surface area (Å²) in [6.45, 7) is 0.473. The molecule has 1 saturated heterocycles. The van der Waals surface area contributed by atoms with E-state index in [1.165, 1.54) is 33.5 Å². The number of fused-ring (bicyclic) bond motifs is 1. The fraction of sp³-hybridized carbons (Fsp3) is 0.686. The molecule has 1 amide bonds. The summed E-state index contributed by atoms with van der Waals surface area (Å²) in [5.41, 5.74) is 7.30. The minimum Gasteiger partial charge on any atom is -0.452 e. The molecule has 5 rings (SSSR count). The second-order valence-electron chi connectivity index (χ2n) is 13.3. The fourth-order valence-corrected chi connectivity index (χ4v) is 7.99. The Labute approximate surface area is 265 Å². The van der Waals surface area contributed by atoms with Gasteiger partial charge in [0.1, 0.15) is 18.4 Å². The summed E-state index contributed by atoms with van der Waals surface area (Å²) in [7, 11) is 3.05. The lowest BCUT2D eigenvalue weighted by Crippen LogP contribution is -2.48. The minimum absolute atomic E-state index is 0.0639. The number of hydrogen-bond acceptors (Lipinski definition) is 8. The number of ether oxygens (including phenoxy) is 3. The van der Waals surface area contributed by atoms with E-state index in [0.717, 1.165) is 37.7 Å². The summed E-state index contributed by atoms with van der Waals surface area (Å²) in [6.07, 6.45) is 9.18. The molecule has 1 aromatic heterocycles. The van der Waals surface area contributed by atoms with Crippen molar-refractivity contribution in [3.63, 3.8) is 0 Å². The van der Waals surface area contributed by atoms with Gasteiger partial charge in [-0.15, -0.1) is 0 Å². The maximum absolute atomic E-state index is 14.2. The third kappa shape index (κ3) is 7.95. The molecule has 2 aliphatic carbocycles. The number of nitrogens with zero attached hydrogens (tertiary/aromatic N) is 1. The number of methoxy groups -OCH3 is 2. The quantitative estimate of drug-likeness (QED) is 0.298. The van der Waals surface area contributed by atoms with Crippen LogP contribution in [0.2, 0.25) is 0 Å². The standard InChI is InChI=1S/C35H49FN2O7/c1-42-20-27(21-43-2)44-35(41)32-18-26-16-22(8-13-31(26)45-32)17-30(39)33-28(23-6-4-3-5-7-23)14-15-38(33)34(40)25-11-9-24(10-12-25)29(37)19-36/h8,13,16,18,23-25,27-29,33H,3-7,9-12,14-15,17,19-21,37H2,1-2H3/t24?,25?,28-,29+,33-/m0/s1. The molecule has 0 spiro atoms. The van der Waals surface area contributed by atoms with Crippen molar-refractivity contribution in [2.45, 2.75) is 88.8 Å². The first-order chi connectivity index (χ1) is 21.8. The van der Waals surface area contributed by atoms with Gasteiger partial charge in [-0.3, -0.25) is 9.59 Å². The lowest BCUT2D eigenvalue weighted by molar-refractivity contribution is -0.143. The van der Waals surface area contributed by atoms with Crippen molar-refractivity contribution in [1.29, 1.82) is 0 Å². The topological polar surface area (TPSA) is 121 Å². The zero-order chi connectivity index (χ0) is 31.9. The van der Waals surface area contributed by atoms with Crippen LogP contribution in [0, 0.1) is 23.7 Å². The summed E-state index contributed by atoms with van der Waals surface area (Å²) in [6, 6.07) is 6.23. The molecule has 248 valence electrons. The largest absolute Gasteiger partial charge is 0.452 e. The Bertz CT molecular complexity index is 1290. The van der Waals surface area contributed by atoms with E-state index >= 15 is 0 Å². The first kappa shape index (κ1) is 33.5. The van der Waals surface area contributed by atoms with E-state index in [1.54, 1.807) is 12.1 Å². The molecule has 2 N–H and O–H groups in total. The molecule has 1 aliphatic heterocycles. The van der Waals surface area contributed by atoms with Crippen molar-refractivity contribution in [3.05, 3.63) is 35.6 Å². The molecule has 0 unspecified atom stereocenters. The van der Waals surface area contributed by atoms with E-state index in [-0.39, 0.29) is 54.8 Å². The average Bonchev–Trinajstić information content (AvgIpc) is 3.70. The van der Waals surface area contributed by atoms with E-state index in [9.17, 15) is 18.8 Å². The van der Waals surface area contributed by atoms with Gasteiger partial charge in [-0.05, 0) is 73.6 Å². The van der Waals surface area contributed by atoms with Crippen molar-refractivity contribution >= 4 is 28.6 Å². The van der Waals surface area contributed by atoms with Crippen LogP contribution in [0.1, 0.15) is 80.3 Å². The van der Waals surface area contributed by atoms with Crippen LogP contribution in [0.5, 0.6) is 0 Å². The van der Waals surface area contributed by atoms with Crippen molar-refractivity contribution in [2.75, 3.05) is 40.7 Å². The monoisotopic (exact) mass is 628 g/mol. The van der Waals surface area contributed by atoms with Gasteiger partial charge in [-0.1, -0.05) is 38.2 Å². The molecule has 0 radical (unpaired) electrons. The molecule has 3 fully saturated rings. The second kappa shape index (κ2) is 15.6. The van der Waals surface area contributed by atoms with Gasteiger partial charge in [0.05, 0.1) is 19.3 Å². The second-order valence-corrected chi connectivity index (χ2v) is 13.3. The van der Waals surface area contributed by atoms with E-state index in [0.29, 0.717) is 36.3 Å². The summed E-state index contributed by atoms with van der Waals surface area (Å²) < 4.78 is 34.6. The SMILES string of the molecule is COCC(COC)OC(=O)c1cc2cc(CC(=O)[C@@H]3[C@H](C4CCCCC4)CCN3C(=O)C3CCC([C@H](N)CF)CC3)ccc2o1. The van der Waals surface area contributed by atoms with Crippen LogP contribution in [0.4, 0.5) is 4.39 Å². The number of likely N-dealkylation sites (tertiary alicyclic amines) is 1. The maximum atomic E-state index is 14.2. The first-order valence-corrected chi connectivity index (χ1v) is 16.7. The number of halogens is 1. The smallest absolute Gasteiger partial charge is 0.374 e. The predicted octanol–water partition coefficient (Wildman–Crippen LogP) is 5.26. The van der Waals surface area contributed by atoms with Crippen LogP contribution in [-0.2, 0) is 30.2 Å². The molecule has 0 bridgehead atoms. The molecule has 2 saturated carbocycles. The highest BCUT2D eigenvalue weighted by Crippen LogP contribution is 2.41. The van der Waals surface area contributed by atoms with Crippen LogP contribution < -0.4 is 5.73 Å². The Morgan fingerprint density at radius 2 is 1.69 bits per heavy atom. The number of furan rings is 1. The van der Waals surface area contributed by atoms with E-state index in [1.807, 2.05) is 17.0 Å². The minimum atomic E-state index is -0.612. The third-order valence-electron chi connectivity index (χ3n) is 10.4. The van der Waals surface area contributed by atoms with Gasteiger partial charge >= 0.3 is 5.97 Å². The van der Waals surface area contributed by atoms with Gasteiger partial charge in [0, 0.05) is 44.5 Å². The highest BCUT2D eigenvalue weighted by Gasteiger charge is 2.46. The van der Waals surface area contributed by atoms with Gasteiger partial charge in [-0.25, -0.2) is 9.18 Å². The molecule has 2 heterocycles. The number of hydrogen-bond donors (Lipinski definition) is 1. The number of carbonyl (C=O) groups excluding carboxylic acids is 3. The number of esters is 1. The molecule has 3 aliphatic rings. The number of amides is 1. The number of nitrogens with two attached hydrogens (primary N) is 1. The summed E-state index contributed by atoms with van der Waals surface area (Å²) in [5, 5.41) is 0.703. The van der Waals surface area contributed by atoms with E-state index in [2.05, 4.69) is 0 Å². The Morgan fingerprint density at radius 3 is 2.36 bits per heavy atom. The zero-order valence-corrected chi connectivity index (χ0v) is 26.7. The van der Waals surface area contributed by atoms with Gasteiger partial charge < -0.3 is 29.3 Å². The number of benzene rings is 1. The van der Waals surface area contributed by atoms with Crippen LogP contribution in [0.3, 0.4) is 0 Å². The third-order valence-corrected chi connectivity index (χ3v) is 10.4. The molecule has 45 heavy (non-hydrogen) atoms. The van der Waals surface area contributed by atoms with Gasteiger partial charge in [-0.2, -0.15) is 0 Å². The van der Waals surface area contributed by atoms with Crippen molar-refractivity contribution in [1.82, 2.24) is 4.90 Å². The van der Waals surface area contributed by atoms with Crippen LogP contribution >= 0.6 is 0 Å². The fourth-order valence-electron chi connectivity index (χ4n) is 7.99. The molecule has 1 aromatic carbocycles. The van der Waals surface area contributed by atoms with E-state index < -0.39 is 30.8 Å². The summed E-state index contributed by atoms with van der Waals surface area (Å²) in [5.74, 6) is 0.195. The average molecular weight is 629 g/mol. The summed E-state index contributed by atoms with van der Waals surface area (Å²) in [4.78, 5) is 42.7. The van der Waals surface area contributed by atoms with Crippen LogP contribution in [0.25, 0.3) is 11.0 Å². The predicted molar refractivity (Wildman–Crippen MR) is 167 cm³/mol. The number of carbonyl (C=O) groups is 3. The normalized spacial score (nSPS) is 25.1. The van der Waals surface area contributed by atoms with Gasteiger partial charge in [0.2, 0.25) is 11.7 Å². The molecule has 9 nitrogen and oxygen atoms in total. The first-order valence-electron chi connectivity index (χ1n) is 16.7. The molecular formula is C35H49FN2O7. The van der Waals surface area contributed by atoms with E-state index in [4.69, 9.17) is 24.4 Å². The molecule has 3 atom stereocenters. The lowest BCUT2D eigenvalue weighted by atomic mass is 9.75. The number of alkyl halides is 1. The van der Waals surface area contributed by atoms with Crippen molar-refractivity contribution < 1.29 is 37.4 Å². The Hall–Kier alpha value is -2.82. The van der Waals surface area contributed by atoms with Crippen LogP contribution in [0.15, 0.2) is 28.7 Å². The summed E-state index contributed by atoms with van der Waals surface area (Å²) >= 11 is 0. The highest BCUT2D eigenvalue weighted by molar-refractivity contribution is 5.94. The zero-order valence-electron chi connectivity index (χ0n) is 26.7. The number of rotatable bonds is 13. The number of ketones is 1. The Kier molecular flexibility index (Phi) is 11.7. The highest BCUT2D eigenvalue weighted by atomic mass is 19.1. The van der Waals surface area contributed by atoms with Gasteiger partial charge in [0.25, 0.3) is 0 Å². The van der Waals surface area contributed by atoms with Gasteiger partial charge in [0.15, 0.2) is 5.78 Å². The number of Topliss-reactive ketones (excluding diaryl/α,β-unsaturated/α-hetero) is 1.